The molecule has 0 saturated carbocycles. The smallest absolute Gasteiger partial charge is 0.457 e. The Morgan fingerprint density at radius 2 is 1.13 bits per heavy atom. The molecule has 10 aromatic rings. The third kappa shape index (κ3) is 7.89. The van der Waals surface area contributed by atoms with Crippen LogP contribution in [0, 0.1) is 11.3 Å². The first-order valence-electron chi connectivity index (χ1n) is 23.5. The van der Waals surface area contributed by atoms with Gasteiger partial charge in [0, 0.05) is 35.2 Å². The number of aromatic nitrogens is 2. The zero-order chi connectivity index (χ0) is 47.4. The van der Waals surface area contributed by atoms with Gasteiger partial charge in [0.25, 0.3) is 5.69 Å². The number of pyridine rings is 1. The summed E-state index contributed by atoms with van der Waals surface area (Å²) in [4.78, 5) is 4.88. The molecule has 0 saturated heterocycles. The van der Waals surface area contributed by atoms with Gasteiger partial charge in [-0.1, -0.05) is 145 Å². The molecule has 0 bridgehead atoms. The van der Waals surface area contributed by atoms with E-state index in [9.17, 15) is 5.26 Å². The molecule has 1 aliphatic rings. The molecule has 0 spiro atoms. The highest BCUT2D eigenvalue weighted by molar-refractivity contribution is 6.10. The predicted octanol–water partition coefficient (Wildman–Crippen LogP) is 16.3. The maximum absolute atomic E-state index is 9.88. The predicted molar refractivity (Wildman–Crippen MR) is 284 cm³/mol. The number of nitrogens with zero attached hydrogens (tertiary/aromatic N) is 5. The maximum Gasteiger partial charge on any atom is 0.503 e. The van der Waals surface area contributed by atoms with Crippen LogP contribution in [-0.4, -0.2) is 15.6 Å². The maximum atomic E-state index is 9.88. The van der Waals surface area contributed by atoms with E-state index in [-0.39, 0.29) is 10.8 Å². The third-order valence-electron chi connectivity index (χ3n) is 13.2. The second kappa shape index (κ2) is 16.9. The van der Waals surface area contributed by atoms with Gasteiger partial charge in [-0.3, -0.25) is 4.57 Å². The Balaban J connectivity index is 1.09. The molecule has 0 amide bonds. The molecule has 8 aromatic carbocycles. The molecule has 1 aliphatic heterocycles. The van der Waals surface area contributed by atoms with E-state index in [4.69, 9.17) is 9.72 Å². The van der Waals surface area contributed by atoms with Crippen molar-refractivity contribution >= 4 is 50.6 Å². The Morgan fingerprint density at radius 1 is 0.507 bits per heavy atom. The number of fused-ring (bicyclic) bond motifs is 4. The SMILES string of the molecule is CC(C)(C)c1cccc(-c2cccc3c2[N+](c2c(-c4ccccc4)cccc2-c2ccccc2)=C=[N+]3c2cccc(Oc3ccc4c5cc(C#N)ccc5n(-c5cc(C(C)(C)C)ccn5)c4c3)c2)c1. The summed E-state index contributed by atoms with van der Waals surface area (Å²) in [7, 11) is 0. The monoisotopic (exact) mass is 893 g/mol. The molecule has 0 fully saturated rings. The van der Waals surface area contributed by atoms with Crippen LogP contribution >= 0.6 is 0 Å². The Morgan fingerprint density at radius 3 is 1.83 bits per heavy atom. The number of hydrogen-bond donors (Lipinski definition) is 0. The second-order valence-electron chi connectivity index (χ2n) is 19.8. The van der Waals surface area contributed by atoms with Gasteiger partial charge in [0.1, 0.15) is 17.3 Å². The molecular weight excluding hydrogens is 843 g/mol. The molecule has 0 atom stereocenters. The van der Waals surface area contributed by atoms with E-state index in [0.29, 0.717) is 17.1 Å². The summed E-state index contributed by atoms with van der Waals surface area (Å²) in [6.07, 6.45) is 1.88. The Bertz CT molecular complexity index is 3700. The van der Waals surface area contributed by atoms with Crippen molar-refractivity contribution in [2.45, 2.75) is 52.4 Å². The normalized spacial score (nSPS) is 12.4. The number of para-hydroxylation sites is 2. The van der Waals surface area contributed by atoms with Gasteiger partial charge in [0.05, 0.1) is 45.4 Å². The first-order chi connectivity index (χ1) is 33.4. The van der Waals surface area contributed by atoms with Gasteiger partial charge in [-0.2, -0.15) is 5.26 Å². The van der Waals surface area contributed by atoms with E-state index < -0.39 is 0 Å². The third-order valence-corrected chi connectivity index (χ3v) is 13.2. The van der Waals surface area contributed by atoms with Crippen LogP contribution in [0.2, 0.25) is 0 Å². The second-order valence-corrected chi connectivity index (χ2v) is 19.8. The Labute approximate surface area is 403 Å². The van der Waals surface area contributed by atoms with Crippen molar-refractivity contribution in [2.24, 2.45) is 0 Å². The standard InChI is InChI=1S/C63H51N5O/c1-62(2,3)46-22-13-21-45(36-46)53-27-16-28-57-61(53)67(60-51(43-17-9-7-10-18-43)25-15-26-52(60)44-19-11-8-12-20-44)41-66(57)48-23-14-24-49(38-48)69-50-30-31-54-55-35-42(40-64)29-32-56(55)68(58(54)39-50)59-37-47(33-34-65-59)63(4,5)6/h7-39H,1-6H3/q+2. The zero-order valence-corrected chi connectivity index (χ0v) is 39.7. The van der Waals surface area contributed by atoms with Gasteiger partial charge in [0.15, 0.2) is 0 Å². The summed E-state index contributed by atoms with van der Waals surface area (Å²) in [5.74, 6) is 2.17. The van der Waals surface area contributed by atoms with Crippen molar-refractivity contribution in [3.63, 3.8) is 0 Å². The number of ether oxygens (including phenoxy) is 1. The lowest BCUT2D eigenvalue weighted by molar-refractivity contribution is 0.483. The summed E-state index contributed by atoms with van der Waals surface area (Å²) in [5, 5.41) is 11.9. The molecule has 3 heterocycles. The Kier molecular flexibility index (Phi) is 10.5. The van der Waals surface area contributed by atoms with Gasteiger partial charge < -0.3 is 4.74 Å². The van der Waals surface area contributed by atoms with Crippen LogP contribution in [0.5, 0.6) is 11.5 Å². The molecule has 0 aliphatic carbocycles. The zero-order valence-electron chi connectivity index (χ0n) is 39.7. The lowest BCUT2D eigenvalue weighted by Gasteiger charge is -2.20. The van der Waals surface area contributed by atoms with Gasteiger partial charge in [-0.25, -0.2) is 4.98 Å². The molecule has 0 unspecified atom stereocenters. The van der Waals surface area contributed by atoms with Crippen LogP contribution in [0.25, 0.3) is 61.0 Å². The number of nitriles is 1. The van der Waals surface area contributed by atoms with E-state index in [1.54, 1.807) is 0 Å². The molecule has 2 aromatic heterocycles. The fourth-order valence-corrected chi connectivity index (χ4v) is 9.59. The number of benzene rings is 8. The van der Waals surface area contributed by atoms with Crippen molar-refractivity contribution in [2.75, 3.05) is 0 Å². The van der Waals surface area contributed by atoms with Crippen LogP contribution in [0.1, 0.15) is 58.2 Å². The lowest BCUT2D eigenvalue weighted by atomic mass is 9.85. The van der Waals surface area contributed by atoms with E-state index in [1.807, 2.05) is 42.6 Å². The lowest BCUT2D eigenvalue weighted by Crippen LogP contribution is -2.12. The van der Waals surface area contributed by atoms with Crippen LogP contribution in [0.3, 0.4) is 0 Å². The summed E-state index contributed by atoms with van der Waals surface area (Å²) >= 11 is 0. The molecular formula is C63H51N5O+2. The highest BCUT2D eigenvalue weighted by atomic mass is 16.5. The molecule has 6 heteroatoms. The van der Waals surface area contributed by atoms with E-state index >= 15 is 0 Å². The van der Waals surface area contributed by atoms with Crippen LogP contribution in [-0.2, 0) is 10.8 Å². The molecule has 0 N–H and O–H groups in total. The molecule has 0 radical (unpaired) electrons. The van der Waals surface area contributed by atoms with Gasteiger partial charge in [-0.15, -0.1) is 0 Å². The number of rotatable bonds is 8. The van der Waals surface area contributed by atoms with Crippen molar-refractivity contribution in [3.8, 4) is 56.8 Å². The van der Waals surface area contributed by atoms with Gasteiger partial charge >= 0.3 is 11.7 Å². The largest absolute Gasteiger partial charge is 0.503 e. The fourth-order valence-electron chi connectivity index (χ4n) is 9.59. The summed E-state index contributed by atoms with van der Waals surface area (Å²) in [6, 6.07) is 74.1. The van der Waals surface area contributed by atoms with Crippen molar-refractivity contribution in [3.05, 3.63) is 217 Å². The van der Waals surface area contributed by atoms with Gasteiger partial charge in [0.2, 0.25) is 11.4 Å². The number of hydrogen-bond acceptors (Lipinski definition) is 3. The van der Waals surface area contributed by atoms with E-state index in [1.165, 1.54) is 11.1 Å². The Hall–Kier alpha value is -8.62. The molecule has 332 valence electrons. The fraction of sp³-hybridized carbons (Fsp3) is 0.127. The minimum atomic E-state index is -0.0696. The molecule has 11 rings (SSSR count). The van der Waals surface area contributed by atoms with Crippen LogP contribution in [0.15, 0.2) is 200 Å². The first kappa shape index (κ1) is 43.0. The quantitative estimate of drug-likeness (QED) is 0.143. The van der Waals surface area contributed by atoms with Crippen LogP contribution < -0.4 is 13.9 Å². The average molecular weight is 894 g/mol. The topological polar surface area (TPSA) is 56.9 Å². The highest BCUT2D eigenvalue weighted by Crippen LogP contribution is 2.49. The molecule has 69 heavy (non-hydrogen) atoms. The van der Waals surface area contributed by atoms with Crippen molar-refractivity contribution in [1.82, 2.24) is 18.7 Å². The minimum Gasteiger partial charge on any atom is -0.457 e. The minimum absolute atomic E-state index is 0.0327. The first-order valence-corrected chi connectivity index (χ1v) is 23.5. The molecule has 6 nitrogen and oxygen atoms in total. The van der Waals surface area contributed by atoms with E-state index in [0.717, 1.165) is 83.8 Å². The van der Waals surface area contributed by atoms with Crippen molar-refractivity contribution < 1.29 is 4.74 Å². The van der Waals surface area contributed by atoms with Gasteiger partial charge in [-0.05, 0) is 115 Å². The summed E-state index contributed by atoms with van der Waals surface area (Å²) < 4.78 is 13.5. The summed E-state index contributed by atoms with van der Waals surface area (Å²) in [6.45, 7) is 13.4. The average Bonchev–Trinajstić information content (AvgIpc) is 3.92. The van der Waals surface area contributed by atoms with Crippen LogP contribution in [0.4, 0.5) is 22.7 Å². The highest BCUT2D eigenvalue weighted by Gasteiger charge is 2.42. The van der Waals surface area contributed by atoms with E-state index in [2.05, 4.69) is 225 Å². The van der Waals surface area contributed by atoms with Crippen molar-refractivity contribution in [1.29, 1.82) is 5.26 Å². The summed E-state index contributed by atoms with van der Waals surface area (Å²) in [5.41, 5.74) is 15.5.